The van der Waals surface area contributed by atoms with Crippen LogP contribution in [0.4, 0.5) is 11.8 Å². The van der Waals surface area contributed by atoms with Crippen molar-refractivity contribution in [3.63, 3.8) is 0 Å². The Labute approximate surface area is 129 Å². The monoisotopic (exact) mass is 297 g/mol. The van der Waals surface area contributed by atoms with Crippen molar-refractivity contribution in [3.8, 4) is 6.07 Å². The summed E-state index contributed by atoms with van der Waals surface area (Å²) in [5.74, 6) is 1.66. The van der Waals surface area contributed by atoms with E-state index < -0.39 is 0 Å². The van der Waals surface area contributed by atoms with Gasteiger partial charge in [-0.1, -0.05) is 0 Å². The number of nitrogens with zero attached hydrogens (tertiary/aromatic N) is 7. The van der Waals surface area contributed by atoms with E-state index in [-0.39, 0.29) is 0 Å². The van der Waals surface area contributed by atoms with Crippen molar-refractivity contribution in [2.45, 2.75) is 26.4 Å². The molecule has 2 aromatic rings. The van der Waals surface area contributed by atoms with E-state index in [1.54, 1.807) is 0 Å². The Kier molecular flexibility index (Phi) is 3.67. The summed E-state index contributed by atoms with van der Waals surface area (Å²) in [6, 6.07) is 3.95. The molecule has 0 unspecified atom stereocenters. The van der Waals surface area contributed by atoms with Crippen molar-refractivity contribution < 1.29 is 0 Å². The van der Waals surface area contributed by atoms with Gasteiger partial charge < -0.3 is 9.80 Å². The van der Waals surface area contributed by atoms with E-state index in [2.05, 4.69) is 26.0 Å². The van der Waals surface area contributed by atoms with Crippen LogP contribution in [0.3, 0.4) is 0 Å². The van der Waals surface area contributed by atoms with Crippen LogP contribution in [0.2, 0.25) is 0 Å². The average Bonchev–Trinajstić information content (AvgIpc) is 2.78. The Morgan fingerprint density at radius 2 is 2.14 bits per heavy atom. The Balaban J connectivity index is 1.92. The molecule has 0 saturated heterocycles. The lowest BCUT2D eigenvalue weighted by atomic mass is 10.3. The topological polar surface area (TPSA) is 73.9 Å². The van der Waals surface area contributed by atoms with Crippen molar-refractivity contribution in [3.05, 3.63) is 29.2 Å². The highest BCUT2D eigenvalue weighted by Crippen LogP contribution is 2.21. The van der Waals surface area contributed by atoms with Gasteiger partial charge in [-0.3, -0.25) is 4.68 Å². The minimum Gasteiger partial charge on any atom is -0.362 e. The minimum absolute atomic E-state index is 0.468. The van der Waals surface area contributed by atoms with Crippen LogP contribution in [0.1, 0.15) is 23.4 Å². The molecule has 0 amide bonds. The molecule has 0 bridgehead atoms. The van der Waals surface area contributed by atoms with Crippen LogP contribution >= 0.6 is 0 Å². The summed E-state index contributed by atoms with van der Waals surface area (Å²) in [4.78, 5) is 13.3. The molecule has 1 aliphatic rings. The van der Waals surface area contributed by atoms with Gasteiger partial charge in [0.2, 0.25) is 5.95 Å². The van der Waals surface area contributed by atoms with Crippen LogP contribution in [-0.2, 0) is 13.1 Å². The Bertz CT molecular complexity index is 726. The molecule has 7 nitrogen and oxygen atoms in total. The highest BCUT2D eigenvalue weighted by molar-refractivity contribution is 5.48. The minimum atomic E-state index is 0.468. The zero-order valence-electron chi connectivity index (χ0n) is 13.1. The summed E-state index contributed by atoms with van der Waals surface area (Å²) in [5, 5.41) is 13.3. The number of hydrogen-bond donors (Lipinski definition) is 0. The van der Waals surface area contributed by atoms with Crippen LogP contribution in [0.5, 0.6) is 0 Å². The zero-order valence-corrected chi connectivity index (χ0v) is 13.1. The van der Waals surface area contributed by atoms with E-state index in [0.29, 0.717) is 12.2 Å². The molecule has 0 atom stereocenters. The second kappa shape index (κ2) is 5.64. The number of fused-ring (bicyclic) bond motifs is 1. The van der Waals surface area contributed by atoms with E-state index >= 15 is 0 Å². The summed E-state index contributed by atoms with van der Waals surface area (Å²) in [7, 11) is 3.96. The number of aromatic nitrogens is 4. The predicted molar refractivity (Wildman–Crippen MR) is 83.7 cm³/mol. The highest BCUT2D eigenvalue weighted by atomic mass is 15.3. The van der Waals surface area contributed by atoms with Crippen molar-refractivity contribution >= 4 is 11.8 Å². The molecule has 0 aromatic carbocycles. The van der Waals surface area contributed by atoms with Crippen LogP contribution in [0, 0.1) is 18.3 Å². The first kappa shape index (κ1) is 14.3. The molecule has 2 aromatic heterocycles. The molecule has 3 heterocycles. The maximum atomic E-state index is 9.00. The maximum Gasteiger partial charge on any atom is 0.227 e. The number of nitriles is 1. The summed E-state index contributed by atoms with van der Waals surface area (Å²) < 4.78 is 1.92. The molecule has 3 rings (SSSR count). The second-order valence-electron chi connectivity index (χ2n) is 5.70. The van der Waals surface area contributed by atoms with Gasteiger partial charge in [0, 0.05) is 38.9 Å². The average molecular weight is 297 g/mol. The fourth-order valence-electron chi connectivity index (χ4n) is 2.72. The van der Waals surface area contributed by atoms with Crippen molar-refractivity contribution in [2.24, 2.45) is 0 Å². The van der Waals surface area contributed by atoms with Gasteiger partial charge in [0.05, 0.1) is 12.2 Å². The van der Waals surface area contributed by atoms with Crippen LogP contribution in [0.15, 0.2) is 12.3 Å². The number of hydrogen-bond acceptors (Lipinski definition) is 6. The molecule has 0 spiro atoms. The normalized spacial score (nSPS) is 14.2. The second-order valence-corrected chi connectivity index (χ2v) is 5.70. The molecule has 0 saturated carbocycles. The largest absolute Gasteiger partial charge is 0.362 e. The van der Waals surface area contributed by atoms with Crippen molar-refractivity contribution in [1.29, 1.82) is 5.26 Å². The molecular formula is C15H19N7. The third-order valence-corrected chi connectivity index (χ3v) is 3.77. The lowest BCUT2D eigenvalue weighted by Crippen LogP contribution is -2.26. The summed E-state index contributed by atoms with van der Waals surface area (Å²) in [6.07, 6.45) is 2.81. The fourth-order valence-corrected chi connectivity index (χ4v) is 2.72. The van der Waals surface area contributed by atoms with E-state index in [9.17, 15) is 0 Å². The molecule has 7 heteroatoms. The molecule has 0 N–H and O–H groups in total. The summed E-state index contributed by atoms with van der Waals surface area (Å²) >= 11 is 0. The number of aryl methyl sites for hydroxylation is 2. The van der Waals surface area contributed by atoms with Gasteiger partial charge in [0.15, 0.2) is 5.69 Å². The van der Waals surface area contributed by atoms with Crippen molar-refractivity contribution in [1.82, 2.24) is 19.7 Å². The summed E-state index contributed by atoms with van der Waals surface area (Å²) in [5.41, 5.74) is 2.56. The molecule has 0 radical (unpaired) electrons. The maximum absolute atomic E-state index is 9.00. The van der Waals surface area contributed by atoms with Gasteiger partial charge in [0.25, 0.3) is 0 Å². The van der Waals surface area contributed by atoms with Crippen LogP contribution < -0.4 is 9.80 Å². The SMILES string of the molecule is Cc1cnc(N2CCCn3nc(C#N)cc3C2)nc1N(C)C. The molecule has 22 heavy (non-hydrogen) atoms. The molecule has 114 valence electrons. The zero-order chi connectivity index (χ0) is 15.7. The van der Waals surface area contributed by atoms with Crippen LogP contribution in [-0.4, -0.2) is 40.4 Å². The van der Waals surface area contributed by atoms with Gasteiger partial charge in [0.1, 0.15) is 11.9 Å². The third-order valence-electron chi connectivity index (χ3n) is 3.77. The van der Waals surface area contributed by atoms with Gasteiger partial charge >= 0.3 is 0 Å². The summed E-state index contributed by atoms with van der Waals surface area (Å²) in [6.45, 7) is 4.38. The van der Waals surface area contributed by atoms with Gasteiger partial charge in [-0.15, -0.1) is 0 Å². The predicted octanol–water partition coefficient (Wildman–Crippen LogP) is 1.33. The molecule has 1 aliphatic heterocycles. The smallest absolute Gasteiger partial charge is 0.227 e. The quantitative estimate of drug-likeness (QED) is 0.832. The lowest BCUT2D eigenvalue weighted by Gasteiger charge is -2.22. The number of rotatable bonds is 2. The first-order chi connectivity index (χ1) is 10.6. The van der Waals surface area contributed by atoms with E-state index in [0.717, 1.165) is 42.5 Å². The molecule has 0 fully saturated rings. The Hall–Kier alpha value is -2.62. The highest BCUT2D eigenvalue weighted by Gasteiger charge is 2.19. The molecular weight excluding hydrogens is 278 g/mol. The van der Waals surface area contributed by atoms with Gasteiger partial charge in [-0.25, -0.2) is 4.98 Å². The lowest BCUT2D eigenvalue weighted by molar-refractivity contribution is 0.589. The van der Waals surface area contributed by atoms with E-state index in [4.69, 9.17) is 5.26 Å². The third kappa shape index (κ3) is 2.60. The standard InChI is InChI=1S/C15H19N7/c1-11-9-17-15(18-14(11)20(2)3)21-5-4-6-22-13(10-21)7-12(8-16)19-22/h7,9H,4-6,10H2,1-3H3. The van der Waals surface area contributed by atoms with Crippen molar-refractivity contribution in [2.75, 3.05) is 30.4 Å². The first-order valence-electron chi connectivity index (χ1n) is 7.31. The Morgan fingerprint density at radius 3 is 2.86 bits per heavy atom. The van der Waals surface area contributed by atoms with E-state index in [1.165, 1.54) is 0 Å². The molecule has 0 aliphatic carbocycles. The number of anilines is 2. The van der Waals surface area contributed by atoms with Gasteiger partial charge in [-0.2, -0.15) is 15.3 Å². The van der Waals surface area contributed by atoms with Crippen LogP contribution in [0.25, 0.3) is 0 Å². The van der Waals surface area contributed by atoms with E-state index in [1.807, 2.05) is 42.9 Å². The fraction of sp³-hybridized carbons (Fsp3) is 0.467. The Morgan fingerprint density at radius 1 is 1.32 bits per heavy atom. The van der Waals surface area contributed by atoms with Gasteiger partial charge in [-0.05, 0) is 19.4 Å². The first-order valence-corrected chi connectivity index (χ1v) is 7.31.